The van der Waals surface area contributed by atoms with Crippen molar-refractivity contribution in [2.45, 2.75) is 26.4 Å². The fraction of sp³-hybridized carbons (Fsp3) is 0.500. The Balaban J connectivity index is 2.10. The molecule has 1 fully saturated rings. The van der Waals surface area contributed by atoms with Gasteiger partial charge >= 0.3 is 0 Å². The van der Waals surface area contributed by atoms with Crippen LogP contribution in [-0.2, 0) is 0 Å². The maximum Gasteiger partial charge on any atom is 0.254 e. The molecule has 0 atom stereocenters. The second kappa shape index (κ2) is 4.56. The van der Waals surface area contributed by atoms with Crippen molar-refractivity contribution < 1.29 is 9.90 Å². The molecule has 0 bridgehead atoms. The van der Waals surface area contributed by atoms with Crippen LogP contribution in [0.3, 0.4) is 0 Å². The van der Waals surface area contributed by atoms with E-state index in [0.29, 0.717) is 23.7 Å². The SMILES string of the molecule is Cc1cc(Cl)cc(C(=O)N2CC(O)(C(C)C)C2)c1. The van der Waals surface area contributed by atoms with Crippen molar-refractivity contribution in [2.75, 3.05) is 13.1 Å². The van der Waals surface area contributed by atoms with Crippen molar-refractivity contribution in [3.05, 3.63) is 34.3 Å². The zero-order valence-electron chi connectivity index (χ0n) is 10.9. The number of β-amino-alcohol motifs (C(OH)–C–C–N with tert-alkyl or cyclic N) is 1. The molecule has 1 saturated heterocycles. The molecule has 1 heterocycles. The van der Waals surface area contributed by atoms with Gasteiger partial charge in [0.25, 0.3) is 5.91 Å². The lowest BCUT2D eigenvalue weighted by molar-refractivity contribution is -0.110. The van der Waals surface area contributed by atoms with Gasteiger partial charge in [0.1, 0.15) is 5.60 Å². The van der Waals surface area contributed by atoms with Crippen LogP contribution in [0.5, 0.6) is 0 Å². The number of hydrogen-bond acceptors (Lipinski definition) is 2. The molecule has 2 rings (SSSR count). The highest BCUT2D eigenvalue weighted by atomic mass is 35.5. The molecular weight excluding hydrogens is 250 g/mol. The smallest absolute Gasteiger partial charge is 0.254 e. The Morgan fingerprint density at radius 1 is 1.39 bits per heavy atom. The van der Waals surface area contributed by atoms with E-state index in [0.717, 1.165) is 5.56 Å². The summed E-state index contributed by atoms with van der Waals surface area (Å²) in [5.41, 5.74) is 0.819. The molecule has 0 saturated carbocycles. The van der Waals surface area contributed by atoms with Crippen LogP contribution in [0, 0.1) is 12.8 Å². The predicted octanol–water partition coefficient (Wildman–Crippen LogP) is 2.49. The molecule has 1 aliphatic rings. The Bertz CT molecular complexity index is 458. The van der Waals surface area contributed by atoms with Crippen LogP contribution in [0.1, 0.15) is 29.8 Å². The third kappa shape index (κ3) is 2.38. The molecule has 3 nitrogen and oxygen atoms in total. The van der Waals surface area contributed by atoms with Crippen LogP contribution < -0.4 is 0 Å². The summed E-state index contributed by atoms with van der Waals surface area (Å²) in [7, 11) is 0. The maximum atomic E-state index is 12.2. The third-order valence-corrected chi connectivity index (χ3v) is 3.80. The molecule has 4 heteroatoms. The minimum absolute atomic E-state index is 0.0640. The minimum Gasteiger partial charge on any atom is -0.386 e. The lowest BCUT2D eigenvalue weighted by Crippen LogP contribution is -2.65. The Morgan fingerprint density at radius 2 is 2.00 bits per heavy atom. The van der Waals surface area contributed by atoms with Crippen LogP contribution in [0.25, 0.3) is 0 Å². The van der Waals surface area contributed by atoms with Gasteiger partial charge in [0.2, 0.25) is 0 Å². The van der Waals surface area contributed by atoms with Gasteiger partial charge in [-0.3, -0.25) is 4.79 Å². The average Bonchev–Trinajstić information content (AvgIpc) is 2.22. The number of amides is 1. The Hall–Kier alpha value is -1.06. The van der Waals surface area contributed by atoms with Gasteiger partial charge in [-0.05, 0) is 36.6 Å². The maximum absolute atomic E-state index is 12.2. The highest BCUT2D eigenvalue weighted by Gasteiger charge is 2.45. The number of carbonyl (C=O) groups is 1. The van der Waals surface area contributed by atoms with Crippen LogP contribution in [0.15, 0.2) is 18.2 Å². The highest BCUT2D eigenvalue weighted by molar-refractivity contribution is 6.31. The molecule has 0 spiro atoms. The lowest BCUT2D eigenvalue weighted by Gasteiger charge is -2.49. The number of nitrogens with zero attached hydrogens (tertiary/aromatic N) is 1. The zero-order valence-corrected chi connectivity index (χ0v) is 11.7. The van der Waals surface area contributed by atoms with Crippen molar-refractivity contribution >= 4 is 17.5 Å². The van der Waals surface area contributed by atoms with Gasteiger partial charge in [-0.25, -0.2) is 0 Å². The van der Waals surface area contributed by atoms with Crippen molar-refractivity contribution in [3.63, 3.8) is 0 Å². The number of rotatable bonds is 2. The zero-order chi connectivity index (χ0) is 13.5. The molecule has 1 aliphatic heterocycles. The van der Waals surface area contributed by atoms with Gasteiger partial charge in [-0.1, -0.05) is 25.4 Å². The van der Waals surface area contributed by atoms with Gasteiger partial charge in [-0.15, -0.1) is 0 Å². The summed E-state index contributed by atoms with van der Waals surface area (Å²) in [5, 5.41) is 10.7. The summed E-state index contributed by atoms with van der Waals surface area (Å²) >= 11 is 5.95. The second-order valence-corrected chi connectivity index (χ2v) is 5.87. The van der Waals surface area contributed by atoms with E-state index >= 15 is 0 Å². The quantitative estimate of drug-likeness (QED) is 0.894. The molecule has 98 valence electrons. The first-order chi connectivity index (χ1) is 8.32. The Morgan fingerprint density at radius 3 is 2.50 bits per heavy atom. The second-order valence-electron chi connectivity index (χ2n) is 5.44. The van der Waals surface area contributed by atoms with Crippen molar-refractivity contribution in [2.24, 2.45) is 5.92 Å². The molecule has 18 heavy (non-hydrogen) atoms. The molecule has 1 aromatic carbocycles. The fourth-order valence-electron chi connectivity index (χ4n) is 2.17. The monoisotopic (exact) mass is 267 g/mol. The summed E-state index contributed by atoms with van der Waals surface area (Å²) < 4.78 is 0. The van der Waals surface area contributed by atoms with E-state index in [1.807, 2.05) is 32.9 Å². The summed E-state index contributed by atoms with van der Waals surface area (Å²) in [6.45, 7) is 6.63. The standard InChI is InChI=1S/C14H18ClNO2/c1-9(2)14(18)7-16(8-14)13(17)11-4-10(3)5-12(15)6-11/h4-6,9,18H,7-8H2,1-3H3. The number of halogens is 1. The number of aliphatic hydroxyl groups is 1. The fourth-order valence-corrected chi connectivity index (χ4v) is 2.46. The van der Waals surface area contributed by atoms with Gasteiger partial charge in [0.05, 0.1) is 13.1 Å². The highest BCUT2D eigenvalue weighted by Crippen LogP contribution is 2.30. The molecule has 0 unspecified atom stereocenters. The van der Waals surface area contributed by atoms with Crippen molar-refractivity contribution in [1.82, 2.24) is 4.90 Å². The van der Waals surface area contributed by atoms with Crippen LogP contribution in [0.4, 0.5) is 0 Å². The van der Waals surface area contributed by atoms with Crippen molar-refractivity contribution in [1.29, 1.82) is 0 Å². The van der Waals surface area contributed by atoms with E-state index in [1.54, 1.807) is 11.0 Å². The van der Waals surface area contributed by atoms with E-state index in [-0.39, 0.29) is 11.8 Å². The van der Waals surface area contributed by atoms with Gasteiger partial charge in [0.15, 0.2) is 0 Å². The van der Waals surface area contributed by atoms with Gasteiger partial charge < -0.3 is 10.0 Å². The molecular formula is C14H18ClNO2. The van der Waals surface area contributed by atoms with Crippen LogP contribution in [0.2, 0.25) is 5.02 Å². The topological polar surface area (TPSA) is 40.5 Å². The van der Waals surface area contributed by atoms with Gasteiger partial charge in [-0.2, -0.15) is 0 Å². The molecule has 0 aliphatic carbocycles. The normalized spacial score (nSPS) is 17.8. The summed E-state index contributed by atoms with van der Waals surface area (Å²) in [4.78, 5) is 13.9. The van der Waals surface area contributed by atoms with E-state index in [4.69, 9.17) is 11.6 Å². The van der Waals surface area contributed by atoms with E-state index < -0.39 is 5.60 Å². The van der Waals surface area contributed by atoms with E-state index in [1.165, 1.54) is 0 Å². The summed E-state index contributed by atoms with van der Waals surface area (Å²) in [6.07, 6.45) is 0. The number of benzene rings is 1. The Kier molecular flexibility index (Phi) is 3.39. The third-order valence-electron chi connectivity index (χ3n) is 3.58. The minimum atomic E-state index is -0.733. The first-order valence-electron chi connectivity index (χ1n) is 6.11. The van der Waals surface area contributed by atoms with Crippen LogP contribution in [-0.4, -0.2) is 34.6 Å². The first-order valence-corrected chi connectivity index (χ1v) is 6.48. The largest absolute Gasteiger partial charge is 0.386 e. The molecule has 0 aromatic heterocycles. The van der Waals surface area contributed by atoms with Gasteiger partial charge in [0, 0.05) is 10.6 Å². The lowest BCUT2D eigenvalue weighted by atomic mass is 9.82. The number of aryl methyl sites for hydroxylation is 1. The molecule has 1 amide bonds. The van der Waals surface area contributed by atoms with Crippen molar-refractivity contribution in [3.8, 4) is 0 Å². The summed E-state index contributed by atoms with van der Waals surface area (Å²) in [5.74, 6) is 0.0913. The summed E-state index contributed by atoms with van der Waals surface area (Å²) in [6, 6.07) is 5.31. The number of likely N-dealkylation sites (tertiary alicyclic amines) is 1. The Labute approximate surface area is 112 Å². The van der Waals surface area contributed by atoms with E-state index in [2.05, 4.69) is 0 Å². The average molecular weight is 268 g/mol. The molecule has 1 aromatic rings. The van der Waals surface area contributed by atoms with Crippen LogP contribution >= 0.6 is 11.6 Å². The molecule has 1 N–H and O–H groups in total. The molecule has 0 radical (unpaired) electrons. The number of hydrogen-bond donors (Lipinski definition) is 1. The first kappa shape index (κ1) is 13.4. The number of carbonyl (C=O) groups excluding carboxylic acids is 1. The van der Waals surface area contributed by atoms with E-state index in [9.17, 15) is 9.90 Å². The predicted molar refractivity (Wildman–Crippen MR) is 71.9 cm³/mol.